The van der Waals surface area contributed by atoms with Crippen LogP contribution in [0.15, 0.2) is 18.2 Å². The lowest BCUT2D eigenvalue weighted by Gasteiger charge is -2.33. The summed E-state index contributed by atoms with van der Waals surface area (Å²) < 4.78 is 0. The third-order valence-electron chi connectivity index (χ3n) is 3.57. The molecule has 1 aromatic carbocycles. The highest BCUT2D eigenvalue weighted by atomic mass is 33.1. The molecule has 1 aliphatic rings. The molecule has 1 heterocycles. The van der Waals surface area contributed by atoms with E-state index in [-0.39, 0.29) is 12.6 Å². The molecular weight excluding hydrogens is 250 g/mol. The maximum Gasteiger partial charge on any atom is 0.0590 e. The summed E-state index contributed by atoms with van der Waals surface area (Å²) in [4.78, 5) is 2.22. The van der Waals surface area contributed by atoms with Crippen molar-refractivity contribution in [2.24, 2.45) is 0 Å². The molecule has 0 aromatic heterocycles. The van der Waals surface area contributed by atoms with E-state index in [1.54, 1.807) is 10.8 Å². The Morgan fingerprint density at radius 1 is 1.53 bits per heavy atom. The Hall–Kier alpha value is -0.160. The first-order valence-electron chi connectivity index (χ1n) is 5.88. The zero-order valence-corrected chi connectivity index (χ0v) is 12.0. The van der Waals surface area contributed by atoms with Crippen molar-refractivity contribution in [2.45, 2.75) is 31.2 Å². The third kappa shape index (κ3) is 2.81. The van der Waals surface area contributed by atoms with Crippen LogP contribution in [0.4, 0.5) is 0 Å². The first-order valence-corrected chi connectivity index (χ1v) is 7.82. The number of aliphatic hydroxyl groups is 1. The Morgan fingerprint density at radius 3 is 2.94 bits per heavy atom. The van der Waals surface area contributed by atoms with Gasteiger partial charge in [0.15, 0.2) is 0 Å². The van der Waals surface area contributed by atoms with Crippen LogP contribution in [0.5, 0.6) is 0 Å². The minimum absolute atomic E-state index is 0.233. The minimum atomic E-state index is 0.233. The van der Waals surface area contributed by atoms with Gasteiger partial charge in [0.25, 0.3) is 0 Å². The van der Waals surface area contributed by atoms with Crippen molar-refractivity contribution in [1.29, 1.82) is 0 Å². The molecule has 2 atom stereocenters. The van der Waals surface area contributed by atoms with Gasteiger partial charge in [0.05, 0.1) is 6.61 Å². The molecule has 1 aromatic rings. The van der Waals surface area contributed by atoms with Gasteiger partial charge in [-0.3, -0.25) is 4.90 Å². The monoisotopic (exact) mass is 269 g/mol. The van der Waals surface area contributed by atoms with Crippen LogP contribution in [0.2, 0.25) is 0 Å². The standard InChI is InChI=1S/C13H19NOS2/c1-9(17-16)10-3-4-11-7-14(2)13(8-15)6-12(11)5-10/h3-5,9,13,15-16H,6-8H2,1-2H3. The Kier molecular flexibility index (Phi) is 4.42. The lowest BCUT2D eigenvalue weighted by atomic mass is 9.92. The summed E-state index contributed by atoms with van der Waals surface area (Å²) in [5, 5.41) is 9.77. The summed E-state index contributed by atoms with van der Waals surface area (Å²) in [6, 6.07) is 6.95. The fraction of sp³-hybridized carbons (Fsp3) is 0.538. The summed E-state index contributed by atoms with van der Waals surface area (Å²) >= 11 is 4.27. The van der Waals surface area contributed by atoms with E-state index in [4.69, 9.17) is 0 Å². The molecule has 0 fully saturated rings. The average Bonchev–Trinajstić information content (AvgIpc) is 2.36. The van der Waals surface area contributed by atoms with Crippen LogP contribution >= 0.6 is 22.5 Å². The van der Waals surface area contributed by atoms with Gasteiger partial charge in [-0.05, 0) is 37.1 Å². The van der Waals surface area contributed by atoms with E-state index in [9.17, 15) is 5.11 Å². The van der Waals surface area contributed by atoms with E-state index < -0.39 is 0 Å². The fourth-order valence-electron chi connectivity index (χ4n) is 2.32. The van der Waals surface area contributed by atoms with E-state index in [0.29, 0.717) is 5.25 Å². The van der Waals surface area contributed by atoms with Gasteiger partial charge < -0.3 is 5.11 Å². The summed E-state index contributed by atoms with van der Waals surface area (Å²) in [5.41, 5.74) is 4.09. The van der Waals surface area contributed by atoms with Crippen molar-refractivity contribution >= 4 is 22.5 Å². The molecule has 2 rings (SSSR count). The van der Waals surface area contributed by atoms with E-state index in [2.05, 4.69) is 48.7 Å². The quantitative estimate of drug-likeness (QED) is 0.651. The highest BCUT2D eigenvalue weighted by molar-refractivity contribution is 8.68. The highest BCUT2D eigenvalue weighted by Gasteiger charge is 2.23. The van der Waals surface area contributed by atoms with Gasteiger partial charge in [-0.1, -0.05) is 29.0 Å². The van der Waals surface area contributed by atoms with E-state index in [0.717, 1.165) is 13.0 Å². The van der Waals surface area contributed by atoms with Crippen LogP contribution in [0.25, 0.3) is 0 Å². The molecule has 0 bridgehead atoms. The highest BCUT2D eigenvalue weighted by Crippen LogP contribution is 2.33. The van der Waals surface area contributed by atoms with Crippen LogP contribution in [0.1, 0.15) is 28.9 Å². The second kappa shape index (κ2) is 5.65. The first kappa shape index (κ1) is 13.3. The van der Waals surface area contributed by atoms with Crippen LogP contribution in [0, 0.1) is 0 Å². The topological polar surface area (TPSA) is 23.5 Å². The number of rotatable bonds is 3. The molecule has 0 radical (unpaired) electrons. The Labute approximate surface area is 112 Å². The molecule has 1 aliphatic heterocycles. The Bertz CT molecular complexity index is 397. The largest absolute Gasteiger partial charge is 0.395 e. The van der Waals surface area contributed by atoms with Crippen molar-refractivity contribution < 1.29 is 5.11 Å². The number of hydrogen-bond donors (Lipinski definition) is 2. The smallest absolute Gasteiger partial charge is 0.0590 e. The van der Waals surface area contributed by atoms with Crippen LogP contribution in [-0.4, -0.2) is 29.7 Å². The van der Waals surface area contributed by atoms with Crippen molar-refractivity contribution in [3.8, 4) is 0 Å². The molecule has 0 spiro atoms. The van der Waals surface area contributed by atoms with Crippen molar-refractivity contribution in [3.05, 3.63) is 34.9 Å². The van der Waals surface area contributed by atoms with E-state index in [1.807, 2.05) is 0 Å². The molecule has 17 heavy (non-hydrogen) atoms. The van der Waals surface area contributed by atoms with Crippen molar-refractivity contribution in [1.82, 2.24) is 4.90 Å². The van der Waals surface area contributed by atoms with Gasteiger partial charge in [-0.15, -0.1) is 11.7 Å². The molecular formula is C13H19NOS2. The molecule has 2 unspecified atom stereocenters. The zero-order chi connectivity index (χ0) is 12.4. The molecule has 0 saturated carbocycles. The third-order valence-corrected chi connectivity index (χ3v) is 5.10. The maximum atomic E-state index is 9.35. The Morgan fingerprint density at radius 2 is 2.29 bits per heavy atom. The lowest BCUT2D eigenvalue weighted by Crippen LogP contribution is -2.39. The molecule has 94 valence electrons. The molecule has 0 amide bonds. The molecule has 0 saturated heterocycles. The van der Waals surface area contributed by atoms with Crippen LogP contribution in [0.3, 0.4) is 0 Å². The van der Waals surface area contributed by atoms with E-state index >= 15 is 0 Å². The number of hydrogen-bond acceptors (Lipinski definition) is 4. The molecule has 2 nitrogen and oxygen atoms in total. The second-order valence-electron chi connectivity index (χ2n) is 4.73. The summed E-state index contributed by atoms with van der Waals surface area (Å²) in [6.45, 7) is 3.33. The number of aliphatic hydroxyl groups excluding tert-OH is 1. The number of nitrogens with zero attached hydrogens (tertiary/aromatic N) is 1. The minimum Gasteiger partial charge on any atom is -0.395 e. The zero-order valence-electron chi connectivity index (χ0n) is 10.3. The van der Waals surface area contributed by atoms with Crippen molar-refractivity contribution in [2.75, 3.05) is 13.7 Å². The van der Waals surface area contributed by atoms with Gasteiger partial charge in [-0.25, -0.2) is 0 Å². The molecule has 4 heteroatoms. The first-order chi connectivity index (χ1) is 8.15. The summed E-state index contributed by atoms with van der Waals surface area (Å²) in [5.74, 6) is 0. The van der Waals surface area contributed by atoms with Crippen LogP contribution < -0.4 is 0 Å². The van der Waals surface area contributed by atoms with Gasteiger partial charge >= 0.3 is 0 Å². The maximum absolute atomic E-state index is 9.35. The predicted molar refractivity (Wildman–Crippen MR) is 77.5 cm³/mol. The second-order valence-corrected chi connectivity index (χ2v) is 6.28. The van der Waals surface area contributed by atoms with Crippen LogP contribution in [-0.2, 0) is 13.0 Å². The van der Waals surface area contributed by atoms with Crippen molar-refractivity contribution in [3.63, 3.8) is 0 Å². The van der Waals surface area contributed by atoms with Gasteiger partial charge in [0.1, 0.15) is 0 Å². The fourth-order valence-corrected chi connectivity index (χ4v) is 2.95. The van der Waals surface area contributed by atoms with Gasteiger partial charge in [0, 0.05) is 17.8 Å². The number of benzene rings is 1. The SMILES string of the molecule is CC(SS)c1ccc2c(c1)CC(CO)N(C)C2. The summed E-state index contributed by atoms with van der Waals surface area (Å²) in [7, 11) is 3.64. The average molecular weight is 269 g/mol. The van der Waals surface area contributed by atoms with Gasteiger partial charge in [-0.2, -0.15) is 0 Å². The number of likely N-dealkylation sites (N-methyl/N-ethyl adjacent to an activating group) is 1. The van der Waals surface area contributed by atoms with Gasteiger partial charge in [0.2, 0.25) is 0 Å². The number of fused-ring (bicyclic) bond motifs is 1. The lowest BCUT2D eigenvalue weighted by molar-refractivity contribution is 0.131. The summed E-state index contributed by atoms with van der Waals surface area (Å²) in [6.07, 6.45) is 0.945. The Balaban J connectivity index is 2.27. The normalized spacial score (nSPS) is 22.2. The number of thiol groups is 1. The predicted octanol–water partition coefficient (Wildman–Crippen LogP) is 2.67. The molecule has 1 N–H and O–H groups in total. The van der Waals surface area contributed by atoms with E-state index in [1.165, 1.54) is 16.7 Å². The molecule has 0 aliphatic carbocycles.